The minimum absolute atomic E-state index is 0.0990. The van der Waals surface area contributed by atoms with Crippen LogP contribution in [0.5, 0.6) is 5.75 Å². The van der Waals surface area contributed by atoms with Crippen molar-refractivity contribution in [2.45, 2.75) is 64.8 Å². The Bertz CT molecular complexity index is 961. The Morgan fingerprint density at radius 2 is 2.03 bits per heavy atom. The summed E-state index contributed by atoms with van der Waals surface area (Å²) in [4.78, 5) is 29.2. The Balaban J connectivity index is 1.33. The van der Waals surface area contributed by atoms with Crippen molar-refractivity contribution < 1.29 is 14.3 Å². The average molecular weight is 485 g/mol. The molecule has 184 valence electrons. The highest BCUT2D eigenvalue weighted by molar-refractivity contribution is 8.00. The SMILES string of the molecule is CCOc1cc(NC(C)=O)ccc1/C=C/SN1CCC2(CC1)N=C(C1CCC(C)CC1)NC2=O. The van der Waals surface area contributed by atoms with Gasteiger partial charge in [0.1, 0.15) is 17.1 Å². The first kappa shape index (κ1) is 24.8. The first-order valence-electron chi connectivity index (χ1n) is 12.4. The number of ether oxygens (including phenoxy) is 1. The third-order valence-electron chi connectivity index (χ3n) is 7.04. The number of benzene rings is 1. The molecule has 8 heteroatoms. The largest absolute Gasteiger partial charge is 0.493 e. The van der Waals surface area contributed by atoms with E-state index in [4.69, 9.17) is 9.73 Å². The van der Waals surface area contributed by atoms with Crippen LogP contribution in [0, 0.1) is 11.8 Å². The Hall–Kier alpha value is -2.32. The quantitative estimate of drug-likeness (QED) is 0.541. The van der Waals surface area contributed by atoms with E-state index in [2.05, 4.69) is 27.3 Å². The third kappa shape index (κ3) is 5.84. The normalized spacial score (nSPS) is 24.8. The molecule has 1 aliphatic carbocycles. The molecule has 2 N–H and O–H groups in total. The van der Waals surface area contributed by atoms with Crippen molar-refractivity contribution in [2.75, 3.05) is 25.0 Å². The number of amidine groups is 1. The zero-order valence-corrected chi connectivity index (χ0v) is 21.2. The Morgan fingerprint density at radius 1 is 1.29 bits per heavy atom. The van der Waals surface area contributed by atoms with E-state index in [9.17, 15) is 9.59 Å². The van der Waals surface area contributed by atoms with E-state index in [0.717, 1.165) is 67.5 Å². The summed E-state index contributed by atoms with van der Waals surface area (Å²) in [6.07, 6.45) is 8.26. The van der Waals surface area contributed by atoms with Crippen LogP contribution < -0.4 is 15.4 Å². The van der Waals surface area contributed by atoms with Crippen molar-refractivity contribution >= 4 is 41.4 Å². The molecule has 0 bridgehead atoms. The molecule has 1 aromatic carbocycles. The predicted molar refractivity (Wildman–Crippen MR) is 139 cm³/mol. The Labute approximate surface area is 206 Å². The standard InChI is InChI=1S/C26H36N4O3S/c1-4-33-23-17-22(27-19(3)31)10-9-20(23)11-16-34-30-14-12-26(13-15-30)25(32)28-24(29-26)21-7-5-18(2)6-8-21/h9-11,16-18,21H,4-8,12-15H2,1-3H3,(H,27,31)(H,28,29,32)/b16-11+. The number of nitrogens with one attached hydrogen (secondary N) is 2. The molecule has 2 amide bonds. The zero-order chi connectivity index (χ0) is 24.1. The summed E-state index contributed by atoms with van der Waals surface area (Å²) in [6, 6.07) is 5.67. The lowest BCUT2D eigenvalue weighted by Gasteiger charge is -2.34. The van der Waals surface area contributed by atoms with Crippen molar-refractivity contribution in [2.24, 2.45) is 16.8 Å². The van der Waals surface area contributed by atoms with Crippen LogP contribution in [0.15, 0.2) is 28.6 Å². The highest BCUT2D eigenvalue weighted by Crippen LogP contribution is 2.37. The van der Waals surface area contributed by atoms with Gasteiger partial charge in [0.15, 0.2) is 0 Å². The number of rotatable bonds is 7. The summed E-state index contributed by atoms with van der Waals surface area (Å²) in [5.74, 6) is 2.89. The van der Waals surface area contributed by atoms with E-state index in [-0.39, 0.29) is 11.8 Å². The molecule has 2 heterocycles. The van der Waals surface area contributed by atoms with E-state index >= 15 is 0 Å². The van der Waals surface area contributed by atoms with Gasteiger partial charge in [-0.2, -0.15) is 0 Å². The number of amides is 2. The number of aliphatic imine (C=N–C) groups is 1. The second kappa shape index (κ2) is 11.0. The number of carbonyl (C=O) groups excluding carboxylic acids is 2. The van der Waals surface area contributed by atoms with Gasteiger partial charge in [-0.1, -0.05) is 31.7 Å². The fourth-order valence-electron chi connectivity index (χ4n) is 4.99. The second-order valence-corrected chi connectivity index (χ2v) is 10.6. The molecule has 2 fully saturated rings. The summed E-state index contributed by atoms with van der Waals surface area (Å²) >= 11 is 1.65. The molecule has 1 aromatic rings. The number of carbonyl (C=O) groups is 2. The summed E-state index contributed by atoms with van der Waals surface area (Å²) in [7, 11) is 0. The number of piperidine rings is 1. The molecule has 0 aromatic heterocycles. The fraction of sp³-hybridized carbons (Fsp3) is 0.577. The highest BCUT2D eigenvalue weighted by atomic mass is 32.2. The van der Waals surface area contributed by atoms with Gasteiger partial charge in [-0.15, -0.1) is 0 Å². The minimum Gasteiger partial charge on any atom is -0.493 e. The summed E-state index contributed by atoms with van der Waals surface area (Å²) in [5.41, 5.74) is 1.11. The van der Waals surface area contributed by atoms with Crippen LogP contribution in [0.2, 0.25) is 0 Å². The third-order valence-corrected chi connectivity index (χ3v) is 7.96. The van der Waals surface area contributed by atoms with Crippen molar-refractivity contribution in [3.63, 3.8) is 0 Å². The summed E-state index contributed by atoms with van der Waals surface area (Å²) in [6.45, 7) is 7.94. The van der Waals surface area contributed by atoms with Crippen LogP contribution in [-0.4, -0.2) is 47.2 Å². The van der Waals surface area contributed by atoms with Gasteiger partial charge in [-0.05, 0) is 62.1 Å². The first-order chi connectivity index (χ1) is 16.4. The van der Waals surface area contributed by atoms with Gasteiger partial charge in [-0.25, -0.2) is 4.31 Å². The van der Waals surface area contributed by atoms with Crippen molar-refractivity contribution in [3.05, 3.63) is 29.2 Å². The molecular weight excluding hydrogens is 448 g/mol. The molecule has 1 spiro atoms. The van der Waals surface area contributed by atoms with Crippen LogP contribution in [-0.2, 0) is 9.59 Å². The minimum atomic E-state index is -0.569. The first-order valence-corrected chi connectivity index (χ1v) is 13.3. The number of hydrogen-bond acceptors (Lipinski definition) is 6. The van der Waals surface area contributed by atoms with Gasteiger partial charge in [0.2, 0.25) is 5.91 Å². The number of nitrogens with zero attached hydrogens (tertiary/aromatic N) is 2. The van der Waals surface area contributed by atoms with E-state index in [1.807, 2.05) is 31.2 Å². The van der Waals surface area contributed by atoms with Crippen LogP contribution in [0.1, 0.15) is 64.9 Å². The van der Waals surface area contributed by atoms with Crippen molar-refractivity contribution in [1.82, 2.24) is 9.62 Å². The van der Waals surface area contributed by atoms with Crippen LogP contribution in [0.3, 0.4) is 0 Å². The topological polar surface area (TPSA) is 83.0 Å². The molecule has 2 aliphatic heterocycles. The summed E-state index contributed by atoms with van der Waals surface area (Å²) < 4.78 is 8.05. The van der Waals surface area contributed by atoms with Crippen LogP contribution >= 0.6 is 11.9 Å². The van der Waals surface area contributed by atoms with Gasteiger partial charge < -0.3 is 15.4 Å². The van der Waals surface area contributed by atoms with E-state index in [0.29, 0.717) is 12.5 Å². The molecule has 34 heavy (non-hydrogen) atoms. The van der Waals surface area contributed by atoms with Crippen LogP contribution in [0.4, 0.5) is 5.69 Å². The van der Waals surface area contributed by atoms with Crippen molar-refractivity contribution in [3.8, 4) is 5.75 Å². The van der Waals surface area contributed by atoms with Gasteiger partial charge in [0.25, 0.3) is 5.91 Å². The molecule has 4 rings (SSSR count). The lowest BCUT2D eigenvalue weighted by Crippen LogP contribution is -2.47. The maximum atomic E-state index is 12.9. The molecule has 0 unspecified atom stereocenters. The molecule has 3 aliphatic rings. The van der Waals surface area contributed by atoms with E-state index in [1.54, 1.807) is 11.9 Å². The van der Waals surface area contributed by atoms with Gasteiger partial charge >= 0.3 is 0 Å². The maximum Gasteiger partial charge on any atom is 0.253 e. The Morgan fingerprint density at radius 3 is 2.71 bits per heavy atom. The Kier molecular flexibility index (Phi) is 7.99. The fourth-order valence-corrected chi connectivity index (χ4v) is 5.77. The molecule has 7 nitrogen and oxygen atoms in total. The smallest absolute Gasteiger partial charge is 0.253 e. The average Bonchev–Trinajstić information content (AvgIpc) is 3.12. The van der Waals surface area contributed by atoms with Crippen molar-refractivity contribution in [1.29, 1.82) is 0 Å². The predicted octanol–water partition coefficient (Wildman–Crippen LogP) is 4.85. The van der Waals surface area contributed by atoms with Gasteiger partial charge in [0, 0.05) is 43.2 Å². The lowest BCUT2D eigenvalue weighted by atomic mass is 9.82. The molecular formula is C26H36N4O3S. The van der Waals surface area contributed by atoms with E-state index in [1.165, 1.54) is 19.8 Å². The second-order valence-electron chi connectivity index (χ2n) is 9.64. The van der Waals surface area contributed by atoms with Gasteiger partial charge in [0.05, 0.1) is 6.61 Å². The number of hydrogen-bond donors (Lipinski definition) is 2. The molecule has 0 radical (unpaired) electrons. The maximum absolute atomic E-state index is 12.9. The van der Waals surface area contributed by atoms with Crippen LogP contribution in [0.25, 0.3) is 6.08 Å². The van der Waals surface area contributed by atoms with E-state index < -0.39 is 5.54 Å². The highest BCUT2D eigenvalue weighted by Gasteiger charge is 2.47. The number of anilines is 1. The summed E-state index contributed by atoms with van der Waals surface area (Å²) in [5, 5.41) is 7.99. The lowest BCUT2D eigenvalue weighted by molar-refractivity contribution is -0.125. The molecule has 0 atom stereocenters. The zero-order valence-electron chi connectivity index (χ0n) is 20.4. The molecule has 1 saturated heterocycles. The monoisotopic (exact) mass is 484 g/mol. The molecule has 1 saturated carbocycles. The van der Waals surface area contributed by atoms with Gasteiger partial charge in [-0.3, -0.25) is 14.6 Å².